The molecule has 0 spiro atoms. The molecule has 0 amide bonds. The summed E-state index contributed by atoms with van der Waals surface area (Å²) < 4.78 is 13.9. The van der Waals surface area contributed by atoms with Gasteiger partial charge in [-0.15, -0.1) is 0 Å². The Morgan fingerprint density at radius 2 is 1.95 bits per heavy atom. The van der Waals surface area contributed by atoms with Crippen LogP contribution in [0.25, 0.3) is 0 Å². The fraction of sp³-hybridized carbons (Fsp3) is 0.368. The number of hydrogen-bond acceptors (Lipinski definition) is 1. The SMILES string of the molecule is CN1CCC2(c3ccccc3)CC1Cc1ccc(F)cc12. The third kappa shape index (κ3) is 1.93. The zero-order valence-electron chi connectivity index (χ0n) is 12.3. The van der Waals surface area contributed by atoms with Crippen molar-refractivity contribution in [3.63, 3.8) is 0 Å². The fourth-order valence-corrected chi connectivity index (χ4v) is 4.28. The van der Waals surface area contributed by atoms with Crippen LogP contribution in [0.5, 0.6) is 0 Å². The van der Waals surface area contributed by atoms with Gasteiger partial charge >= 0.3 is 0 Å². The minimum absolute atomic E-state index is 0.00583. The summed E-state index contributed by atoms with van der Waals surface area (Å²) in [6, 6.07) is 16.6. The van der Waals surface area contributed by atoms with Gasteiger partial charge in [-0.2, -0.15) is 0 Å². The Bertz CT molecular complexity index is 667. The maximum Gasteiger partial charge on any atom is 0.123 e. The molecule has 2 bridgehead atoms. The van der Waals surface area contributed by atoms with E-state index in [1.165, 1.54) is 16.7 Å². The number of rotatable bonds is 1. The van der Waals surface area contributed by atoms with Gasteiger partial charge in [0.05, 0.1) is 0 Å². The van der Waals surface area contributed by atoms with Gasteiger partial charge in [-0.1, -0.05) is 36.4 Å². The Balaban J connectivity index is 1.94. The van der Waals surface area contributed by atoms with E-state index in [-0.39, 0.29) is 11.2 Å². The highest BCUT2D eigenvalue weighted by atomic mass is 19.1. The molecule has 0 N–H and O–H groups in total. The summed E-state index contributed by atoms with van der Waals surface area (Å²) in [4.78, 5) is 2.47. The quantitative estimate of drug-likeness (QED) is 0.769. The molecular formula is C19H20FN. The zero-order chi connectivity index (χ0) is 14.4. The molecule has 2 atom stereocenters. The van der Waals surface area contributed by atoms with Crippen molar-refractivity contribution in [1.29, 1.82) is 0 Å². The van der Waals surface area contributed by atoms with Crippen LogP contribution >= 0.6 is 0 Å². The molecule has 2 aliphatic rings. The van der Waals surface area contributed by atoms with Crippen LogP contribution in [-0.4, -0.2) is 24.5 Å². The van der Waals surface area contributed by atoms with E-state index < -0.39 is 0 Å². The lowest BCUT2D eigenvalue weighted by atomic mass is 9.61. The first-order valence-corrected chi connectivity index (χ1v) is 7.74. The molecule has 21 heavy (non-hydrogen) atoms. The van der Waals surface area contributed by atoms with Crippen molar-refractivity contribution >= 4 is 0 Å². The second kappa shape index (κ2) is 4.67. The van der Waals surface area contributed by atoms with E-state index in [9.17, 15) is 4.39 Å². The Labute approximate surface area is 125 Å². The molecule has 0 saturated carbocycles. The molecule has 1 aliphatic carbocycles. The van der Waals surface area contributed by atoms with Crippen LogP contribution in [0.3, 0.4) is 0 Å². The van der Waals surface area contributed by atoms with Crippen LogP contribution in [0, 0.1) is 5.82 Å². The van der Waals surface area contributed by atoms with Crippen LogP contribution in [0.4, 0.5) is 4.39 Å². The van der Waals surface area contributed by atoms with Crippen molar-refractivity contribution in [2.75, 3.05) is 13.6 Å². The van der Waals surface area contributed by atoms with E-state index >= 15 is 0 Å². The standard InChI is InChI=1S/C19H20FN/c1-21-10-9-19(15-5-3-2-4-6-15)13-17(21)11-14-7-8-16(20)12-18(14)19/h2-8,12,17H,9-11,13H2,1H3. The van der Waals surface area contributed by atoms with Crippen LogP contribution < -0.4 is 0 Å². The van der Waals surface area contributed by atoms with Gasteiger partial charge in [0.1, 0.15) is 5.82 Å². The summed E-state index contributed by atoms with van der Waals surface area (Å²) in [5.41, 5.74) is 3.88. The molecule has 2 aromatic rings. The van der Waals surface area contributed by atoms with Gasteiger partial charge in [0.25, 0.3) is 0 Å². The molecular weight excluding hydrogens is 261 g/mol. The van der Waals surface area contributed by atoms with Gasteiger partial charge in [0.2, 0.25) is 0 Å². The number of fused-ring (bicyclic) bond motifs is 4. The van der Waals surface area contributed by atoms with E-state index in [1.807, 2.05) is 6.07 Å². The third-order valence-corrected chi connectivity index (χ3v) is 5.47. The second-order valence-electron chi connectivity index (χ2n) is 6.54. The summed E-state index contributed by atoms with van der Waals surface area (Å²) in [6.07, 6.45) is 3.21. The first-order chi connectivity index (χ1) is 10.2. The van der Waals surface area contributed by atoms with Crippen LogP contribution in [0.15, 0.2) is 48.5 Å². The lowest BCUT2D eigenvalue weighted by molar-refractivity contribution is 0.123. The van der Waals surface area contributed by atoms with Gasteiger partial charge in [0, 0.05) is 11.5 Å². The molecule has 0 radical (unpaired) electrons. The number of likely N-dealkylation sites (tertiary alicyclic amines) is 1. The number of piperidine rings is 1. The van der Waals surface area contributed by atoms with Gasteiger partial charge in [0.15, 0.2) is 0 Å². The predicted octanol–water partition coefficient (Wildman–Crippen LogP) is 3.76. The zero-order valence-corrected chi connectivity index (χ0v) is 12.3. The summed E-state index contributed by atoms with van der Waals surface area (Å²) in [7, 11) is 2.22. The molecule has 108 valence electrons. The number of benzene rings is 2. The van der Waals surface area contributed by atoms with Crippen LogP contribution in [0.2, 0.25) is 0 Å². The van der Waals surface area contributed by atoms with E-state index in [1.54, 1.807) is 12.1 Å². The molecule has 2 aromatic carbocycles. The van der Waals surface area contributed by atoms with E-state index in [0.717, 1.165) is 25.8 Å². The average Bonchev–Trinajstić information content (AvgIpc) is 2.52. The van der Waals surface area contributed by atoms with Crippen LogP contribution in [0.1, 0.15) is 29.5 Å². The Hall–Kier alpha value is -1.67. The maximum absolute atomic E-state index is 13.9. The summed E-state index contributed by atoms with van der Waals surface area (Å²) >= 11 is 0. The van der Waals surface area contributed by atoms with Crippen molar-refractivity contribution in [3.8, 4) is 0 Å². The lowest BCUT2D eigenvalue weighted by Gasteiger charge is -2.50. The van der Waals surface area contributed by atoms with E-state index in [4.69, 9.17) is 0 Å². The third-order valence-electron chi connectivity index (χ3n) is 5.47. The van der Waals surface area contributed by atoms with Gasteiger partial charge in [-0.05, 0) is 61.7 Å². The van der Waals surface area contributed by atoms with Crippen molar-refractivity contribution in [2.24, 2.45) is 0 Å². The fourth-order valence-electron chi connectivity index (χ4n) is 4.28. The monoisotopic (exact) mass is 281 g/mol. The largest absolute Gasteiger partial charge is 0.303 e. The summed E-state index contributed by atoms with van der Waals surface area (Å²) in [6.45, 7) is 1.08. The second-order valence-corrected chi connectivity index (χ2v) is 6.54. The van der Waals surface area contributed by atoms with Crippen LogP contribution in [-0.2, 0) is 11.8 Å². The number of halogens is 1. The highest BCUT2D eigenvalue weighted by Crippen LogP contribution is 2.48. The lowest BCUT2D eigenvalue weighted by Crippen LogP contribution is -2.52. The average molecular weight is 281 g/mol. The number of nitrogens with zero attached hydrogens (tertiary/aromatic N) is 1. The molecule has 2 heteroatoms. The van der Waals surface area contributed by atoms with Crippen molar-refractivity contribution < 1.29 is 4.39 Å². The van der Waals surface area contributed by atoms with Crippen molar-refractivity contribution in [2.45, 2.75) is 30.7 Å². The Kier molecular flexibility index (Phi) is 2.90. The first-order valence-electron chi connectivity index (χ1n) is 7.74. The predicted molar refractivity (Wildman–Crippen MR) is 83.0 cm³/mol. The topological polar surface area (TPSA) is 3.24 Å². The minimum atomic E-state index is -0.110. The normalized spacial score (nSPS) is 28.2. The highest BCUT2D eigenvalue weighted by molar-refractivity contribution is 5.47. The molecule has 1 fully saturated rings. The van der Waals surface area contributed by atoms with E-state index in [0.29, 0.717) is 6.04 Å². The Morgan fingerprint density at radius 1 is 1.14 bits per heavy atom. The van der Waals surface area contributed by atoms with Crippen molar-refractivity contribution in [3.05, 3.63) is 71.0 Å². The molecule has 1 aliphatic heterocycles. The minimum Gasteiger partial charge on any atom is -0.303 e. The molecule has 1 saturated heterocycles. The number of hydrogen-bond donors (Lipinski definition) is 0. The molecule has 0 aromatic heterocycles. The molecule has 1 nitrogen and oxygen atoms in total. The molecule has 1 heterocycles. The summed E-state index contributed by atoms with van der Waals surface area (Å²) in [5, 5.41) is 0. The molecule has 4 rings (SSSR count). The van der Waals surface area contributed by atoms with Gasteiger partial charge in [-0.3, -0.25) is 0 Å². The van der Waals surface area contributed by atoms with Gasteiger partial charge < -0.3 is 4.90 Å². The summed E-state index contributed by atoms with van der Waals surface area (Å²) in [5.74, 6) is -0.110. The number of likely N-dealkylation sites (N-methyl/N-ethyl adjacent to an activating group) is 1. The Morgan fingerprint density at radius 3 is 2.76 bits per heavy atom. The highest BCUT2D eigenvalue weighted by Gasteiger charge is 2.45. The smallest absolute Gasteiger partial charge is 0.123 e. The van der Waals surface area contributed by atoms with Gasteiger partial charge in [-0.25, -0.2) is 4.39 Å². The van der Waals surface area contributed by atoms with Crippen molar-refractivity contribution in [1.82, 2.24) is 4.90 Å². The molecule has 2 unspecified atom stereocenters. The maximum atomic E-state index is 13.9. The first kappa shape index (κ1) is 13.0. The van der Waals surface area contributed by atoms with E-state index in [2.05, 4.69) is 42.3 Å².